The van der Waals surface area contributed by atoms with Crippen LogP contribution in [0.15, 0.2) is 58.2 Å². The van der Waals surface area contributed by atoms with Gasteiger partial charge in [0, 0.05) is 10.2 Å². The van der Waals surface area contributed by atoms with Crippen LogP contribution < -0.4 is 21.2 Å². The number of carbonyl (C=O) groups excluding carboxylic acids is 1. The second-order valence-electron chi connectivity index (χ2n) is 5.67. The molecule has 146 valence electrons. The van der Waals surface area contributed by atoms with Gasteiger partial charge in [-0.25, -0.2) is 4.68 Å². The molecule has 1 aromatic heterocycles. The van der Waals surface area contributed by atoms with E-state index in [1.807, 2.05) is 48.5 Å². The molecule has 0 bridgehead atoms. The summed E-state index contributed by atoms with van der Waals surface area (Å²) < 4.78 is 7.34. The summed E-state index contributed by atoms with van der Waals surface area (Å²) in [4.78, 5) is 12.1. The topological polar surface area (TPSA) is 107 Å². The molecular weight excluding hydrogens is 444 g/mol. The number of hydrogen-bond donors (Lipinski definition) is 3. The lowest BCUT2D eigenvalue weighted by Crippen LogP contribution is -2.18. The van der Waals surface area contributed by atoms with Crippen molar-refractivity contribution < 1.29 is 9.53 Å². The smallest absolute Gasteiger partial charge is 0.234 e. The van der Waals surface area contributed by atoms with Crippen LogP contribution in [0, 0.1) is 0 Å². The summed E-state index contributed by atoms with van der Waals surface area (Å²) in [6.45, 7) is 0.402. The minimum Gasteiger partial charge on any atom is -0.497 e. The number of carbonyl (C=O) groups is 1. The van der Waals surface area contributed by atoms with Crippen LogP contribution in [0.3, 0.4) is 0 Å². The maximum absolute atomic E-state index is 12.1. The van der Waals surface area contributed by atoms with Crippen molar-refractivity contribution in [2.75, 3.05) is 29.3 Å². The van der Waals surface area contributed by atoms with Gasteiger partial charge in [-0.15, -0.1) is 10.2 Å². The van der Waals surface area contributed by atoms with E-state index in [9.17, 15) is 4.79 Å². The highest BCUT2D eigenvalue weighted by atomic mass is 79.9. The van der Waals surface area contributed by atoms with Crippen LogP contribution in [-0.2, 0) is 11.3 Å². The molecule has 10 heteroatoms. The number of hydrogen-bond acceptors (Lipinski definition) is 7. The lowest BCUT2D eigenvalue weighted by atomic mass is 10.3. The first-order valence-electron chi connectivity index (χ1n) is 8.31. The molecule has 2 aromatic carbocycles. The van der Waals surface area contributed by atoms with Crippen molar-refractivity contribution in [3.63, 3.8) is 0 Å². The van der Waals surface area contributed by atoms with E-state index < -0.39 is 0 Å². The molecule has 0 aliphatic carbocycles. The zero-order chi connectivity index (χ0) is 19.9. The van der Waals surface area contributed by atoms with Gasteiger partial charge in [0.15, 0.2) is 5.82 Å². The van der Waals surface area contributed by atoms with E-state index in [0.29, 0.717) is 23.2 Å². The lowest BCUT2D eigenvalue weighted by Gasteiger charge is -2.08. The monoisotopic (exact) mass is 462 g/mol. The number of aromatic nitrogens is 3. The highest BCUT2D eigenvalue weighted by Crippen LogP contribution is 2.22. The van der Waals surface area contributed by atoms with Gasteiger partial charge in [-0.05, 0) is 52.3 Å². The molecule has 0 unspecified atom stereocenters. The van der Waals surface area contributed by atoms with Gasteiger partial charge in [0.2, 0.25) is 11.1 Å². The Hall–Kier alpha value is -2.72. The molecule has 1 heterocycles. The molecule has 0 radical (unpaired) electrons. The predicted octanol–water partition coefficient (Wildman–Crippen LogP) is 3.11. The van der Waals surface area contributed by atoms with Crippen LogP contribution >= 0.6 is 27.7 Å². The minimum absolute atomic E-state index is 0.155. The lowest BCUT2D eigenvalue weighted by molar-refractivity contribution is -0.113. The number of benzene rings is 2. The second-order valence-corrected chi connectivity index (χ2v) is 7.46. The SMILES string of the molecule is COc1ccc(NCc2nnc(SCC(=O)Nc3ccccc3Br)n2N)cc1. The van der Waals surface area contributed by atoms with E-state index >= 15 is 0 Å². The van der Waals surface area contributed by atoms with E-state index in [4.69, 9.17) is 10.6 Å². The Labute approximate surface area is 175 Å². The van der Waals surface area contributed by atoms with E-state index in [2.05, 4.69) is 36.8 Å². The third-order valence-electron chi connectivity index (χ3n) is 3.76. The summed E-state index contributed by atoms with van der Waals surface area (Å²) >= 11 is 4.62. The summed E-state index contributed by atoms with van der Waals surface area (Å²) in [5.41, 5.74) is 1.62. The normalized spacial score (nSPS) is 10.5. The first kappa shape index (κ1) is 20.0. The quantitative estimate of drug-likeness (QED) is 0.348. The maximum Gasteiger partial charge on any atom is 0.234 e. The molecule has 0 fully saturated rings. The van der Waals surface area contributed by atoms with Crippen molar-refractivity contribution in [1.82, 2.24) is 14.9 Å². The van der Waals surface area contributed by atoms with Crippen molar-refractivity contribution in [2.45, 2.75) is 11.7 Å². The number of ether oxygens (including phenoxy) is 1. The van der Waals surface area contributed by atoms with E-state index in [1.54, 1.807) is 7.11 Å². The van der Waals surface area contributed by atoms with E-state index in [1.165, 1.54) is 16.4 Å². The number of para-hydroxylation sites is 1. The fourth-order valence-electron chi connectivity index (χ4n) is 2.30. The van der Waals surface area contributed by atoms with Crippen molar-refractivity contribution in [2.24, 2.45) is 0 Å². The molecule has 0 aliphatic heterocycles. The van der Waals surface area contributed by atoms with Crippen molar-refractivity contribution >= 4 is 45.0 Å². The molecule has 0 saturated heterocycles. The molecule has 0 atom stereocenters. The van der Waals surface area contributed by atoms with Crippen LogP contribution in [0.5, 0.6) is 5.75 Å². The first-order chi connectivity index (χ1) is 13.6. The van der Waals surface area contributed by atoms with Gasteiger partial charge in [-0.2, -0.15) is 0 Å². The molecule has 0 aliphatic rings. The van der Waals surface area contributed by atoms with Crippen LogP contribution in [0.1, 0.15) is 5.82 Å². The molecule has 4 N–H and O–H groups in total. The molecule has 28 heavy (non-hydrogen) atoms. The zero-order valence-electron chi connectivity index (χ0n) is 15.1. The van der Waals surface area contributed by atoms with Crippen LogP contribution in [0.4, 0.5) is 11.4 Å². The number of nitrogen functional groups attached to an aromatic ring is 1. The number of anilines is 2. The number of amides is 1. The Morgan fingerprint density at radius 3 is 2.68 bits per heavy atom. The second kappa shape index (κ2) is 9.47. The maximum atomic E-state index is 12.1. The number of thioether (sulfide) groups is 1. The largest absolute Gasteiger partial charge is 0.497 e. The average Bonchev–Trinajstić information content (AvgIpc) is 3.06. The number of halogens is 1. The van der Waals surface area contributed by atoms with Gasteiger partial charge in [-0.1, -0.05) is 23.9 Å². The Balaban J connectivity index is 1.52. The average molecular weight is 463 g/mol. The summed E-state index contributed by atoms with van der Waals surface area (Å²) in [6.07, 6.45) is 0. The number of nitrogens with one attached hydrogen (secondary N) is 2. The van der Waals surface area contributed by atoms with E-state index in [-0.39, 0.29) is 11.7 Å². The Morgan fingerprint density at radius 2 is 1.96 bits per heavy atom. The molecular formula is C18H19BrN6O2S. The van der Waals surface area contributed by atoms with Crippen molar-refractivity contribution in [3.05, 3.63) is 58.8 Å². The molecule has 0 saturated carbocycles. The van der Waals surface area contributed by atoms with Crippen LogP contribution in [-0.4, -0.2) is 33.6 Å². The Kier molecular flexibility index (Phi) is 6.77. The summed E-state index contributed by atoms with van der Waals surface area (Å²) in [5.74, 6) is 7.41. The highest BCUT2D eigenvalue weighted by Gasteiger charge is 2.13. The van der Waals surface area contributed by atoms with Gasteiger partial charge >= 0.3 is 0 Å². The number of methoxy groups -OCH3 is 1. The summed E-state index contributed by atoms with van der Waals surface area (Å²) in [5, 5.41) is 14.7. The first-order valence-corrected chi connectivity index (χ1v) is 10.1. The third kappa shape index (κ3) is 5.17. The Bertz CT molecular complexity index is 948. The van der Waals surface area contributed by atoms with Crippen LogP contribution in [0.25, 0.3) is 0 Å². The fourth-order valence-corrected chi connectivity index (χ4v) is 3.35. The van der Waals surface area contributed by atoms with Crippen LogP contribution in [0.2, 0.25) is 0 Å². The Morgan fingerprint density at radius 1 is 1.21 bits per heavy atom. The standard InChI is InChI=1S/C18H19BrN6O2S/c1-27-13-8-6-12(7-9-13)21-10-16-23-24-18(25(16)20)28-11-17(26)22-15-5-3-2-4-14(15)19/h2-9,21H,10-11,20H2,1H3,(H,22,26). The highest BCUT2D eigenvalue weighted by molar-refractivity contribution is 9.10. The molecule has 8 nitrogen and oxygen atoms in total. The molecule has 1 amide bonds. The number of nitrogens with two attached hydrogens (primary N) is 1. The number of rotatable bonds is 8. The predicted molar refractivity (Wildman–Crippen MR) is 114 cm³/mol. The van der Waals surface area contributed by atoms with Gasteiger partial charge in [0.05, 0.1) is 25.1 Å². The van der Waals surface area contributed by atoms with Crippen molar-refractivity contribution in [3.8, 4) is 5.75 Å². The molecule has 0 spiro atoms. The van der Waals surface area contributed by atoms with Gasteiger partial charge in [0.1, 0.15) is 5.75 Å². The minimum atomic E-state index is -0.155. The summed E-state index contributed by atoms with van der Waals surface area (Å²) in [7, 11) is 1.62. The molecule has 3 aromatic rings. The van der Waals surface area contributed by atoms with Gasteiger partial charge in [0.25, 0.3) is 0 Å². The zero-order valence-corrected chi connectivity index (χ0v) is 17.5. The van der Waals surface area contributed by atoms with E-state index in [0.717, 1.165) is 15.9 Å². The molecule has 3 rings (SSSR count). The number of nitrogens with zero attached hydrogens (tertiary/aromatic N) is 3. The third-order valence-corrected chi connectivity index (χ3v) is 5.39. The van der Waals surface area contributed by atoms with Gasteiger partial charge in [-0.3, -0.25) is 4.79 Å². The summed E-state index contributed by atoms with van der Waals surface area (Å²) in [6, 6.07) is 14.9. The van der Waals surface area contributed by atoms with Gasteiger partial charge < -0.3 is 21.2 Å². The fraction of sp³-hybridized carbons (Fsp3) is 0.167. The van der Waals surface area contributed by atoms with Crippen molar-refractivity contribution in [1.29, 1.82) is 0 Å².